The van der Waals surface area contributed by atoms with Crippen molar-refractivity contribution in [2.75, 3.05) is 11.4 Å². The molecule has 30 heavy (non-hydrogen) atoms. The summed E-state index contributed by atoms with van der Waals surface area (Å²) in [5.74, 6) is -0.314. The van der Waals surface area contributed by atoms with Crippen LogP contribution in [0.3, 0.4) is 0 Å². The number of anilines is 1. The fourth-order valence-electron chi connectivity index (χ4n) is 3.74. The molecule has 0 fully saturated rings. The molecule has 1 amide bonds. The van der Waals surface area contributed by atoms with Crippen molar-refractivity contribution in [3.8, 4) is 5.75 Å². The van der Waals surface area contributed by atoms with Crippen molar-refractivity contribution < 1.29 is 9.90 Å². The number of nitrogens with one attached hydrogen (secondary N) is 1. The highest BCUT2D eigenvalue weighted by molar-refractivity contribution is 9.11. The third kappa shape index (κ3) is 4.62. The molecular weight excluding hydrogens is 510 g/mol. The van der Waals surface area contributed by atoms with Crippen LogP contribution in [-0.2, 0) is 0 Å². The number of phenolic OH excluding ortho intramolecular Hbond substituents is 1. The number of allylic oxidation sites excluding steroid dienone is 1. The molecule has 7 heteroatoms. The molecule has 1 aliphatic heterocycles. The Morgan fingerprint density at radius 1 is 1.23 bits per heavy atom. The Kier molecular flexibility index (Phi) is 6.72. The fourth-order valence-corrected chi connectivity index (χ4v) is 4.93. The highest BCUT2D eigenvalue weighted by atomic mass is 79.9. The number of rotatable bonds is 5. The van der Waals surface area contributed by atoms with Crippen LogP contribution in [0.5, 0.6) is 5.75 Å². The molecular formula is C23H25Br2N3O2. The standard InChI is InChI=1S/C23H25Br2N3O2/c1-5-8-28-20-7-6-15(9-17(20)14(2)12-23(28,3)4)13-26-27-22(30)16-10-18(24)21(29)19(25)11-16/h6-7,9-13,29H,5,8H2,1-4H3,(H,27,30)/b26-13-. The average molecular weight is 535 g/mol. The van der Waals surface area contributed by atoms with E-state index in [1.807, 2.05) is 6.07 Å². The van der Waals surface area contributed by atoms with E-state index in [1.54, 1.807) is 18.3 Å². The number of amides is 1. The zero-order chi connectivity index (χ0) is 22.1. The molecule has 1 aliphatic rings. The van der Waals surface area contributed by atoms with Crippen molar-refractivity contribution in [1.29, 1.82) is 0 Å². The third-order valence-electron chi connectivity index (χ3n) is 5.11. The lowest BCUT2D eigenvalue weighted by atomic mass is 9.88. The van der Waals surface area contributed by atoms with Gasteiger partial charge >= 0.3 is 0 Å². The van der Waals surface area contributed by atoms with Crippen molar-refractivity contribution in [3.63, 3.8) is 0 Å². The van der Waals surface area contributed by atoms with Gasteiger partial charge in [0, 0.05) is 23.4 Å². The number of carbonyl (C=O) groups is 1. The van der Waals surface area contributed by atoms with E-state index in [4.69, 9.17) is 0 Å². The molecule has 2 aromatic carbocycles. The maximum absolute atomic E-state index is 12.4. The number of hydrogen-bond acceptors (Lipinski definition) is 4. The second-order valence-corrected chi connectivity index (χ2v) is 9.61. The van der Waals surface area contributed by atoms with Gasteiger partial charge in [0.25, 0.3) is 5.91 Å². The SMILES string of the molecule is CCCN1c2ccc(/C=N\NC(=O)c3cc(Br)c(O)c(Br)c3)cc2C(C)=CC1(C)C. The lowest BCUT2D eigenvalue weighted by molar-refractivity contribution is 0.0955. The molecule has 0 aliphatic carbocycles. The van der Waals surface area contributed by atoms with E-state index in [0.717, 1.165) is 18.5 Å². The molecule has 5 nitrogen and oxygen atoms in total. The summed E-state index contributed by atoms with van der Waals surface area (Å²) in [6, 6.07) is 9.33. The van der Waals surface area contributed by atoms with Crippen LogP contribution < -0.4 is 10.3 Å². The van der Waals surface area contributed by atoms with E-state index in [-0.39, 0.29) is 17.2 Å². The zero-order valence-corrected chi connectivity index (χ0v) is 20.6. The van der Waals surface area contributed by atoms with Crippen LogP contribution in [0, 0.1) is 0 Å². The number of phenols is 1. The van der Waals surface area contributed by atoms with Crippen molar-refractivity contribution in [2.45, 2.75) is 39.7 Å². The number of nitrogens with zero attached hydrogens (tertiary/aromatic N) is 2. The second kappa shape index (κ2) is 8.94. The minimum atomic E-state index is -0.363. The van der Waals surface area contributed by atoms with Gasteiger partial charge in [-0.1, -0.05) is 19.1 Å². The summed E-state index contributed by atoms with van der Waals surface area (Å²) < 4.78 is 0.866. The Bertz CT molecular complexity index is 1020. The molecule has 0 unspecified atom stereocenters. The summed E-state index contributed by atoms with van der Waals surface area (Å²) in [6.07, 6.45) is 5.02. The van der Waals surface area contributed by atoms with Crippen LogP contribution in [0.4, 0.5) is 5.69 Å². The molecule has 0 radical (unpaired) electrons. The van der Waals surface area contributed by atoms with Crippen molar-refractivity contribution >= 4 is 55.2 Å². The van der Waals surface area contributed by atoms with Gasteiger partial charge in [-0.2, -0.15) is 5.10 Å². The third-order valence-corrected chi connectivity index (χ3v) is 6.32. The minimum absolute atomic E-state index is 0.0245. The van der Waals surface area contributed by atoms with Crippen molar-refractivity contribution in [3.05, 3.63) is 62.0 Å². The monoisotopic (exact) mass is 533 g/mol. The summed E-state index contributed by atoms with van der Waals surface area (Å²) in [7, 11) is 0. The first-order chi connectivity index (χ1) is 14.1. The molecule has 0 spiro atoms. The van der Waals surface area contributed by atoms with Gasteiger partial charge in [-0.05, 0) is 94.5 Å². The summed E-state index contributed by atoms with van der Waals surface area (Å²) in [5, 5.41) is 13.9. The molecule has 1 heterocycles. The second-order valence-electron chi connectivity index (χ2n) is 7.90. The Labute approximate surface area is 194 Å². The van der Waals surface area contributed by atoms with E-state index in [2.05, 4.69) is 93.2 Å². The fraction of sp³-hybridized carbons (Fsp3) is 0.304. The van der Waals surface area contributed by atoms with Crippen LogP contribution in [0.25, 0.3) is 5.57 Å². The molecule has 0 saturated carbocycles. The maximum atomic E-state index is 12.4. The number of fused-ring (bicyclic) bond motifs is 1. The molecule has 0 saturated heterocycles. The van der Waals surface area contributed by atoms with E-state index in [9.17, 15) is 9.90 Å². The van der Waals surface area contributed by atoms with Crippen LogP contribution in [0.2, 0.25) is 0 Å². The average Bonchev–Trinajstić information content (AvgIpc) is 2.68. The number of aromatic hydroxyl groups is 1. The lowest BCUT2D eigenvalue weighted by Crippen LogP contribution is -2.45. The van der Waals surface area contributed by atoms with Crippen LogP contribution >= 0.6 is 31.9 Å². The van der Waals surface area contributed by atoms with Gasteiger partial charge in [-0.15, -0.1) is 0 Å². The Hall–Kier alpha value is -2.12. The topological polar surface area (TPSA) is 64.9 Å². The number of carbonyl (C=O) groups excluding carboxylic acids is 1. The Morgan fingerprint density at radius 2 is 1.90 bits per heavy atom. The predicted molar refractivity (Wildman–Crippen MR) is 130 cm³/mol. The summed E-state index contributed by atoms with van der Waals surface area (Å²) in [5.41, 5.74) is 7.45. The van der Waals surface area contributed by atoms with Crippen LogP contribution in [-0.4, -0.2) is 29.3 Å². The molecule has 0 bridgehead atoms. The Morgan fingerprint density at radius 3 is 2.53 bits per heavy atom. The Balaban J connectivity index is 1.79. The van der Waals surface area contributed by atoms with E-state index in [0.29, 0.717) is 14.5 Å². The van der Waals surface area contributed by atoms with Crippen molar-refractivity contribution in [2.24, 2.45) is 5.10 Å². The number of hydrazone groups is 1. The molecule has 158 valence electrons. The number of halogens is 2. The summed E-state index contributed by atoms with van der Waals surface area (Å²) in [6.45, 7) is 9.79. The zero-order valence-electron chi connectivity index (χ0n) is 17.5. The molecule has 0 atom stereocenters. The van der Waals surface area contributed by atoms with Crippen LogP contribution in [0.15, 0.2) is 50.5 Å². The van der Waals surface area contributed by atoms with Gasteiger partial charge in [0.05, 0.1) is 20.7 Å². The summed E-state index contributed by atoms with van der Waals surface area (Å²) >= 11 is 6.45. The van der Waals surface area contributed by atoms with Gasteiger partial charge in [0.15, 0.2) is 0 Å². The van der Waals surface area contributed by atoms with Gasteiger partial charge in [-0.3, -0.25) is 4.79 Å². The smallest absolute Gasteiger partial charge is 0.271 e. The van der Waals surface area contributed by atoms with Crippen LogP contribution in [0.1, 0.15) is 55.6 Å². The lowest BCUT2D eigenvalue weighted by Gasteiger charge is -2.43. The van der Waals surface area contributed by atoms with Crippen molar-refractivity contribution in [1.82, 2.24) is 5.43 Å². The van der Waals surface area contributed by atoms with E-state index in [1.165, 1.54) is 16.8 Å². The van der Waals surface area contributed by atoms with Gasteiger partial charge in [-0.25, -0.2) is 5.43 Å². The molecule has 0 aromatic heterocycles. The quantitative estimate of drug-likeness (QED) is 0.360. The van der Waals surface area contributed by atoms with Gasteiger partial charge < -0.3 is 10.0 Å². The number of benzene rings is 2. The van der Waals surface area contributed by atoms with Gasteiger partial charge in [0.1, 0.15) is 5.75 Å². The molecule has 2 aromatic rings. The highest BCUT2D eigenvalue weighted by Gasteiger charge is 2.30. The first kappa shape index (κ1) is 22.6. The van der Waals surface area contributed by atoms with E-state index < -0.39 is 0 Å². The minimum Gasteiger partial charge on any atom is -0.506 e. The molecule has 3 rings (SSSR count). The first-order valence-electron chi connectivity index (χ1n) is 9.77. The largest absolute Gasteiger partial charge is 0.506 e. The normalized spacial score (nSPS) is 15.1. The summed E-state index contributed by atoms with van der Waals surface area (Å²) in [4.78, 5) is 14.8. The highest BCUT2D eigenvalue weighted by Crippen LogP contribution is 2.39. The van der Waals surface area contributed by atoms with Gasteiger partial charge in [0.2, 0.25) is 0 Å². The molecule has 2 N–H and O–H groups in total. The maximum Gasteiger partial charge on any atom is 0.271 e. The number of hydrogen-bond donors (Lipinski definition) is 2. The first-order valence-corrected chi connectivity index (χ1v) is 11.4. The van der Waals surface area contributed by atoms with E-state index >= 15 is 0 Å². The predicted octanol–water partition coefficient (Wildman–Crippen LogP) is 6.09.